The van der Waals surface area contributed by atoms with E-state index in [0.29, 0.717) is 6.54 Å². The molecule has 0 radical (unpaired) electrons. The van der Waals surface area contributed by atoms with Crippen molar-refractivity contribution in [3.63, 3.8) is 0 Å². The number of halogens is 9. The lowest BCUT2D eigenvalue weighted by atomic mass is 10.0. The van der Waals surface area contributed by atoms with E-state index >= 15 is 0 Å². The highest BCUT2D eigenvalue weighted by atomic mass is 32.2. The van der Waals surface area contributed by atoms with Crippen LogP contribution in [0.5, 0.6) is 0 Å². The molecule has 0 aliphatic carbocycles. The molecule has 0 saturated carbocycles. The molecule has 2 N–H and O–H groups in total. The van der Waals surface area contributed by atoms with Crippen molar-refractivity contribution in [3.05, 3.63) is 0 Å². The molecule has 0 aromatic heterocycles. The summed E-state index contributed by atoms with van der Waals surface area (Å²) in [5, 5.41) is 2.62. The number of nitrogens with one attached hydrogen (secondary N) is 2. The first kappa shape index (κ1) is 23.2. The summed E-state index contributed by atoms with van der Waals surface area (Å²) in [5.41, 5.74) is 0. The van der Waals surface area contributed by atoms with E-state index in [4.69, 9.17) is 0 Å². The third kappa shape index (κ3) is 5.37. The lowest BCUT2D eigenvalue weighted by molar-refractivity contribution is -0.396. The fraction of sp³-hybridized carbons (Fsp3) is 1.00. The molecule has 0 aromatic carbocycles. The monoisotopic (exact) mass is 398 g/mol. The molecular formula is C10H15F9N2O2S. The number of hydrogen-bond donors (Lipinski definition) is 2. The molecular weight excluding hydrogens is 383 g/mol. The van der Waals surface area contributed by atoms with Gasteiger partial charge in [0, 0.05) is 13.0 Å². The summed E-state index contributed by atoms with van der Waals surface area (Å²) in [7, 11) is -3.03. The summed E-state index contributed by atoms with van der Waals surface area (Å²) >= 11 is 0. The fourth-order valence-corrected chi connectivity index (χ4v) is 2.52. The fourth-order valence-electron chi connectivity index (χ4n) is 1.39. The Morgan fingerprint density at radius 3 is 1.75 bits per heavy atom. The second-order valence-corrected chi connectivity index (χ2v) is 6.70. The minimum absolute atomic E-state index is 0.203. The zero-order valence-corrected chi connectivity index (χ0v) is 13.0. The minimum atomic E-state index is -7.02. The number of rotatable bonds is 10. The molecule has 0 amide bonds. The second-order valence-electron chi connectivity index (χ2n) is 4.77. The quantitative estimate of drug-likeness (QED) is 0.439. The van der Waals surface area contributed by atoms with E-state index in [1.54, 1.807) is 4.72 Å². The van der Waals surface area contributed by atoms with Gasteiger partial charge < -0.3 is 5.32 Å². The van der Waals surface area contributed by atoms with Crippen LogP contribution in [0.2, 0.25) is 0 Å². The first-order chi connectivity index (χ1) is 10.5. The van der Waals surface area contributed by atoms with Crippen molar-refractivity contribution in [2.24, 2.45) is 0 Å². The van der Waals surface area contributed by atoms with Crippen LogP contribution in [0.3, 0.4) is 0 Å². The van der Waals surface area contributed by atoms with E-state index in [9.17, 15) is 47.9 Å². The van der Waals surface area contributed by atoms with Crippen LogP contribution in [0.15, 0.2) is 0 Å². The van der Waals surface area contributed by atoms with Crippen LogP contribution in [-0.4, -0.2) is 58.3 Å². The highest BCUT2D eigenvalue weighted by Gasteiger charge is 2.81. The summed E-state index contributed by atoms with van der Waals surface area (Å²) in [4.78, 5) is 0. The molecule has 0 aliphatic heterocycles. The largest absolute Gasteiger partial charge is 0.460 e. The van der Waals surface area contributed by atoms with Gasteiger partial charge in [0.2, 0.25) is 10.0 Å². The Kier molecular flexibility index (Phi) is 7.40. The molecule has 0 saturated heterocycles. The van der Waals surface area contributed by atoms with Gasteiger partial charge in [-0.05, 0) is 20.0 Å². The molecule has 0 rings (SSSR count). The zero-order valence-electron chi connectivity index (χ0n) is 12.2. The van der Waals surface area contributed by atoms with E-state index in [2.05, 4.69) is 5.32 Å². The topological polar surface area (TPSA) is 58.2 Å². The molecule has 0 atom stereocenters. The van der Waals surface area contributed by atoms with E-state index < -0.39 is 46.1 Å². The molecule has 0 fully saturated rings. The van der Waals surface area contributed by atoms with E-state index in [1.165, 1.54) is 7.05 Å². The third-order valence-corrected chi connectivity index (χ3v) is 4.21. The molecule has 4 nitrogen and oxygen atoms in total. The Labute approximate surface area is 131 Å². The summed E-state index contributed by atoms with van der Waals surface area (Å²) in [6, 6.07) is 0. The molecule has 0 bridgehead atoms. The number of hydrogen-bond acceptors (Lipinski definition) is 3. The van der Waals surface area contributed by atoms with Crippen molar-refractivity contribution in [1.29, 1.82) is 0 Å². The predicted octanol–water partition coefficient (Wildman–Crippen LogP) is 2.37. The Bertz CT molecular complexity index is 505. The number of sulfonamides is 1. The van der Waals surface area contributed by atoms with Gasteiger partial charge in [0.15, 0.2) is 0 Å². The molecule has 0 spiro atoms. The summed E-state index contributed by atoms with van der Waals surface area (Å²) in [6.07, 6.45) is -9.13. The first-order valence-electron chi connectivity index (χ1n) is 6.34. The normalized spacial score (nSPS) is 14.9. The molecule has 14 heteroatoms. The minimum Gasteiger partial charge on any atom is -0.320 e. The van der Waals surface area contributed by atoms with Crippen molar-refractivity contribution in [2.75, 3.05) is 25.9 Å². The maximum Gasteiger partial charge on any atom is 0.460 e. The van der Waals surface area contributed by atoms with Crippen molar-refractivity contribution >= 4 is 10.0 Å². The van der Waals surface area contributed by atoms with Crippen molar-refractivity contribution in [3.8, 4) is 0 Å². The standard InChI is InChI=1S/C10H15F9N2O2S/c1-20-4-2-5-21-24(22,23)6-3-7(11,12)8(13,14)9(15,16)10(17,18)19/h20-21H,2-6H2,1H3. The molecule has 24 heavy (non-hydrogen) atoms. The van der Waals surface area contributed by atoms with Crippen LogP contribution in [0, 0.1) is 0 Å². The van der Waals surface area contributed by atoms with Gasteiger partial charge in [0.1, 0.15) is 0 Å². The molecule has 146 valence electrons. The van der Waals surface area contributed by atoms with E-state index in [-0.39, 0.29) is 13.0 Å². The second kappa shape index (κ2) is 7.64. The Balaban J connectivity index is 5.02. The molecule has 0 aliphatic rings. The lowest BCUT2D eigenvalue weighted by Gasteiger charge is -2.33. The maximum absolute atomic E-state index is 13.2. The molecule has 0 aromatic rings. The van der Waals surface area contributed by atoms with Gasteiger partial charge in [-0.3, -0.25) is 0 Å². The number of alkyl halides is 9. The van der Waals surface area contributed by atoms with Gasteiger partial charge >= 0.3 is 23.9 Å². The van der Waals surface area contributed by atoms with Crippen LogP contribution in [0.1, 0.15) is 12.8 Å². The SMILES string of the molecule is CNCCCNS(=O)(=O)CCC(F)(F)C(F)(F)C(F)(F)C(F)(F)F. The van der Waals surface area contributed by atoms with Crippen LogP contribution in [0.25, 0.3) is 0 Å². The van der Waals surface area contributed by atoms with Crippen molar-refractivity contribution < 1.29 is 47.9 Å². The average molecular weight is 398 g/mol. The lowest BCUT2D eigenvalue weighted by Crippen LogP contribution is -2.61. The Morgan fingerprint density at radius 1 is 0.833 bits per heavy atom. The smallest absolute Gasteiger partial charge is 0.320 e. The molecule has 0 heterocycles. The van der Waals surface area contributed by atoms with E-state index in [0.717, 1.165) is 0 Å². The summed E-state index contributed by atoms with van der Waals surface area (Å²) < 4.78 is 137. The first-order valence-corrected chi connectivity index (χ1v) is 7.99. The van der Waals surface area contributed by atoms with Crippen LogP contribution < -0.4 is 10.0 Å². The van der Waals surface area contributed by atoms with Crippen LogP contribution in [0.4, 0.5) is 39.5 Å². The Hall–Kier alpha value is -0.760. The van der Waals surface area contributed by atoms with Crippen molar-refractivity contribution in [2.45, 2.75) is 36.8 Å². The summed E-state index contributed by atoms with van der Waals surface area (Å²) in [6.45, 7) is 0.0679. The highest BCUT2D eigenvalue weighted by Crippen LogP contribution is 2.53. The van der Waals surface area contributed by atoms with Gasteiger partial charge in [0.05, 0.1) is 5.75 Å². The van der Waals surface area contributed by atoms with Gasteiger partial charge in [-0.1, -0.05) is 0 Å². The summed E-state index contributed by atoms with van der Waals surface area (Å²) in [5.74, 6) is -21.5. The van der Waals surface area contributed by atoms with Gasteiger partial charge in [-0.25, -0.2) is 13.1 Å². The van der Waals surface area contributed by atoms with Crippen LogP contribution >= 0.6 is 0 Å². The van der Waals surface area contributed by atoms with Gasteiger partial charge in [-0.2, -0.15) is 39.5 Å². The highest BCUT2D eigenvalue weighted by molar-refractivity contribution is 7.89. The zero-order chi connectivity index (χ0) is 19.4. The maximum atomic E-state index is 13.2. The third-order valence-electron chi connectivity index (χ3n) is 2.82. The Morgan fingerprint density at radius 2 is 1.33 bits per heavy atom. The molecule has 0 unspecified atom stereocenters. The van der Waals surface area contributed by atoms with E-state index in [1.807, 2.05) is 0 Å². The van der Waals surface area contributed by atoms with Crippen molar-refractivity contribution in [1.82, 2.24) is 10.0 Å². The average Bonchev–Trinajstić information content (AvgIpc) is 2.40. The van der Waals surface area contributed by atoms with Gasteiger partial charge in [-0.15, -0.1) is 0 Å². The van der Waals surface area contributed by atoms with Crippen LogP contribution in [-0.2, 0) is 10.0 Å². The van der Waals surface area contributed by atoms with Gasteiger partial charge in [0.25, 0.3) is 0 Å². The predicted molar refractivity (Wildman–Crippen MR) is 65.8 cm³/mol.